The first-order chi connectivity index (χ1) is 13.0. The molecule has 3 rings (SSSR count). The van der Waals surface area contributed by atoms with E-state index in [1.165, 1.54) is 12.0 Å². The van der Waals surface area contributed by atoms with Gasteiger partial charge in [0.1, 0.15) is 5.75 Å². The Labute approximate surface area is 162 Å². The molecule has 6 heteroatoms. The molecule has 2 heterocycles. The SMILES string of the molecule is Cc1ccc(OCC(=O)N2C[C@@H](CN3CCCN(C)CC3)[C@@H](CO)C2)cc1. The van der Waals surface area contributed by atoms with Crippen LogP contribution in [0.15, 0.2) is 24.3 Å². The van der Waals surface area contributed by atoms with Crippen LogP contribution in [0.4, 0.5) is 0 Å². The van der Waals surface area contributed by atoms with Crippen molar-refractivity contribution in [1.82, 2.24) is 14.7 Å². The molecule has 0 unspecified atom stereocenters. The van der Waals surface area contributed by atoms with Crippen molar-refractivity contribution in [3.05, 3.63) is 29.8 Å². The monoisotopic (exact) mass is 375 g/mol. The highest BCUT2D eigenvalue weighted by Crippen LogP contribution is 2.25. The molecule has 2 fully saturated rings. The van der Waals surface area contributed by atoms with Gasteiger partial charge < -0.3 is 24.5 Å². The quantitative estimate of drug-likeness (QED) is 0.806. The summed E-state index contributed by atoms with van der Waals surface area (Å²) in [6, 6.07) is 7.74. The minimum absolute atomic E-state index is 0.00660. The maximum atomic E-state index is 12.6. The Morgan fingerprint density at radius 3 is 2.59 bits per heavy atom. The lowest BCUT2D eigenvalue weighted by atomic mass is 9.96. The average molecular weight is 376 g/mol. The van der Waals surface area contributed by atoms with E-state index >= 15 is 0 Å². The summed E-state index contributed by atoms with van der Waals surface area (Å²) in [6.07, 6.45) is 1.18. The Balaban J connectivity index is 1.50. The number of carbonyl (C=O) groups is 1. The van der Waals surface area contributed by atoms with Gasteiger partial charge in [0.2, 0.25) is 0 Å². The highest BCUT2D eigenvalue weighted by Gasteiger charge is 2.36. The molecule has 2 atom stereocenters. The number of hydrogen-bond acceptors (Lipinski definition) is 5. The Morgan fingerprint density at radius 1 is 1.11 bits per heavy atom. The molecule has 0 radical (unpaired) electrons. The first-order valence-corrected chi connectivity index (χ1v) is 10.0. The summed E-state index contributed by atoms with van der Waals surface area (Å²) in [5.74, 6) is 1.22. The van der Waals surface area contributed by atoms with Crippen LogP contribution in [-0.4, -0.2) is 91.8 Å². The fourth-order valence-corrected chi connectivity index (χ4v) is 4.04. The summed E-state index contributed by atoms with van der Waals surface area (Å²) < 4.78 is 5.65. The van der Waals surface area contributed by atoms with Gasteiger partial charge in [0.15, 0.2) is 6.61 Å². The van der Waals surface area contributed by atoms with E-state index in [0.29, 0.717) is 19.0 Å². The van der Waals surface area contributed by atoms with Gasteiger partial charge in [-0.3, -0.25) is 4.79 Å². The van der Waals surface area contributed by atoms with Crippen molar-refractivity contribution in [2.24, 2.45) is 11.8 Å². The number of nitrogens with zero attached hydrogens (tertiary/aromatic N) is 3. The summed E-state index contributed by atoms with van der Waals surface area (Å²) in [5, 5.41) is 9.80. The van der Waals surface area contributed by atoms with Crippen molar-refractivity contribution in [3.63, 3.8) is 0 Å². The summed E-state index contributed by atoms with van der Waals surface area (Å²) in [5.41, 5.74) is 1.17. The highest BCUT2D eigenvalue weighted by atomic mass is 16.5. The van der Waals surface area contributed by atoms with Gasteiger partial charge in [-0.1, -0.05) is 17.7 Å². The molecule has 27 heavy (non-hydrogen) atoms. The predicted octanol–water partition coefficient (Wildman–Crippen LogP) is 1.08. The molecule has 2 saturated heterocycles. The van der Waals surface area contributed by atoms with E-state index in [-0.39, 0.29) is 25.0 Å². The molecule has 150 valence electrons. The van der Waals surface area contributed by atoms with E-state index < -0.39 is 0 Å². The lowest BCUT2D eigenvalue weighted by Crippen LogP contribution is -2.37. The highest BCUT2D eigenvalue weighted by molar-refractivity contribution is 5.78. The number of carbonyl (C=O) groups excluding carboxylic acids is 1. The van der Waals surface area contributed by atoms with Gasteiger partial charge in [-0.2, -0.15) is 0 Å². The lowest BCUT2D eigenvalue weighted by molar-refractivity contribution is -0.132. The van der Waals surface area contributed by atoms with Gasteiger partial charge >= 0.3 is 0 Å². The number of rotatable bonds is 6. The zero-order chi connectivity index (χ0) is 19.2. The first-order valence-electron chi connectivity index (χ1n) is 10.0. The van der Waals surface area contributed by atoms with Crippen LogP contribution >= 0.6 is 0 Å². The second-order valence-electron chi connectivity index (χ2n) is 8.06. The number of ether oxygens (including phenoxy) is 1. The van der Waals surface area contributed by atoms with Crippen molar-refractivity contribution in [1.29, 1.82) is 0 Å². The Bertz CT molecular complexity index is 607. The van der Waals surface area contributed by atoms with Gasteiger partial charge in [-0.25, -0.2) is 0 Å². The molecule has 0 bridgehead atoms. The zero-order valence-corrected chi connectivity index (χ0v) is 16.6. The van der Waals surface area contributed by atoms with Crippen LogP contribution in [0.25, 0.3) is 0 Å². The second-order valence-corrected chi connectivity index (χ2v) is 8.06. The topological polar surface area (TPSA) is 56.2 Å². The zero-order valence-electron chi connectivity index (χ0n) is 16.6. The Morgan fingerprint density at radius 2 is 1.85 bits per heavy atom. The molecule has 6 nitrogen and oxygen atoms in total. The Hall–Kier alpha value is -1.63. The van der Waals surface area contributed by atoms with Crippen LogP contribution in [0, 0.1) is 18.8 Å². The number of likely N-dealkylation sites (N-methyl/N-ethyl adjacent to an activating group) is 1. The van der Waals surface area contributed by atoms with E-state index in [0.717, 1.165) is 38.5 Å². The maximum Gasteiger partial charge on any atom is 0.260 e. The smallest absolute Gasteiger partial charge is 0.260 e. The van der Waals surface area contributed by atoms with Crippen LogP contribution in [0.2, 0.25) is 0 Å². The number of likely N-dealkylation sites (tertiary alicyclic amines) is 1. The molecule has 0 aromatic heterocycles. The third-order valence-electron chi connectivity index (χ3n) is 5.85. The standard InChI is InChI=1S/C21H33N3O3/c1-17-4-6-20(7-5-17)27-16-21(26)24-13-18(19(14-24)15-25)12-23-9-3-8-22(2)10-11-23/h4-7,18-19,25H,3,8-16H2,1-2H3/t18-,19-/m1/s1. The van der Waals surface area contributed by atoms with Crippen LogP contribution in [0.5, 0.6) is 5.75 Å². The normalized spacial score (nSPS) is 24.8. The molecule has 0 saturated carbocycles. The number of aliphatic hydroxyl groups is 1. The van der Waals surface area contributed by atoms with Gasteiger partial charge in [0.05, 0.1) is 0 Å². The van der Waals surface area contributed by atoms with Crippen LogP contribution in [0.3, 0.4) is 0 Å². The van der Waals surface area contributed by atoms with Crippen molar-refractivity contribution in [3.8, 4) is 5.75 Å². The van der Waals surface area contributed by atoms with E-state index in [9.17, 15) is 9.90 Å². The van der Waals surface area contributed by atoms with Crippen molar-refractivity contribution in [2.75, 3.05) is 66.1 Å². The summed E-state index contributed by atoms with van der Waals surface area (Å²) in [6.45, 7) is 8.93. The molecule has 2 aliphatic heterocycles. The molecule has 1 aromatic rings. The number of amides is 1. The fraction of sp³-hybridized carbons (Fsp3) is 0.667. The number of aliphatic hydroxyl groups excluding tert-OH is 1. The van der Waals surface area contributed by atoms with Crippen LogP contribution in [-0.2, 0) is 4.79 Å². The van der Waals surface area contributed by atoms with Crippen molar-refractivity contribution in [2.45, 2.75) is 13.3 Å². The largest absolute Gasteiger partial charge is 0.484 e. The number of hydrogen-bond donors (Lipinski definition) is 1. The molecular weight excluding hydrogens is 342 g/mol. The van der Waals surface area contributed by atoms with Crippen LogP contribution < -0.4 is 4.74 Å². The fourth-order valence-electron chi connectivity index (χ4n) is 4.04. The summed E-state index contributed by atoms with van der Waals surface area (Å²) in [4.78, 5) is 19.3. The van der Waals surface area contributed by atoms with E-state index in [2.05, 4.69) is 16.8 Å². The average Bonchev–Trinajstić information content (AvgIpc) is 2.96. The van der Waals surface area contributed by atoms with E-state index in [1.807, 2.05) is 36.1 Å². The van der Waals surface area contributed by atoms with Gasteiger partial charge in [-0.15, -0.1) is 0 Å². The minimum atomic E-state index is 0.00660. The number of benzene rings is 1. The third kappa shape index (κ3) is 5.67. The van der Waals surface area contributed by atoms with Gasteiger partial charge in [0, 0.05) is 45.2 Å². The molecule has 2 aliphatic rings. The molecule has 0 spiro atoms. The van der Waals surface area contributed by atoms with Crippen molar-refractivity contribution < 1.29 is 14.6 Å². The third-order valence-corrected chi connectivity index (χ3v) is 5.85. The van der Waals surface area contributed by atoms with Crippen LogP contribution in [0.1, 0.15) is 12.0 Å². The summed E-state index contributed by atoms with van der Waals surface area (Å²) in [7, 11) is 2.17. The molecule has 1 N–H and O–H groups in total. The molecular formula is C21H33N3O3. The molecule has 1 amide bonds. The molecule has 0 aliphatic carbocycles. The van der Waals surface area contributed by atoms with E-state index in [4.69, 9.17) is 4.74 Å². The lowest BCUT2D eigenvalue weighted by Gasteiger charge is -2.26. The first kappa shape index (κ1) is 20.1. The van der Waals surface area contributed by atoms with Gasteiger partial charge in [0.25, 0.3) is 5.91 Å². The molecule has 1 aromatic carbocycles. The minimum Gasteiger partial charge on any atom is -0.484 e. The second kappa shape index (κ2) is 9.53. The predicted molar refractivity (Wildman–Crippen MR) is 106 cm³/mol. The number of aryl methyl sites for hydroxylation is 1. The Kier molecular flexibility index (Phi) is 7.10. The van der Waals surface area contributed by atoms with E-state index in [1.54, 1.807) is 0 Å². The summed E-state index contributed by atoms with van der Waals surface area (Å²) >= 11 is 0. The maximum absolute atomic E-state index is 12.6. The van der Waals surface area contributed by atoms with Gasteiger partial charge in [-0.05, 0) is 51.5 Å². The van der Waals surface area contributed by atoms with Crippen molar-refractivity contribution >= 4 is 5.91 Å².